The third-order valence-electron chi connectivity index (χ3n) is 5.24. The van der Waals surface area contributed by atoms with E-state index in [9.17, 15) is 0 Å². The maximum absolute atomic E-state index is 4.56. The lowest BCUT2D eigenvalue weighted by molar-refractivity contribution is 0.206. The van der Waals surface area contributed by atoms with Gasteiger partial charge in [-0.15, -0.1) is 10.2 Å². The van der Waals surface area contributed by atoms with Gasteiger partial charge in [-0.25, -0.2) is 10.4 Å². The van der Waals surface area contributed by atoms with E-state index in [0.29, 0.717) is 12.4 Å². The summed E-state index contributed by atoms with van der Waals surface area (Å²) in [5, 5.41) is 19.6. The number of allylic oxidation sites excluding steroid dienone is 1. The zero-order valence-corrected chi connectivity index (χ0v) is 16.6. The third-order valence-corrected chi connectivity index (χ3v) is 5.24. The molecule has 2 aliphatic rings. The molecule has 2 aromatic carbocycles. The summed E-state index contributed by atoms with van der Waals surface area (Å²) in [4.78, 5) is 4.56. The first kappa shape index (κ1) is 18.3. The van der Waals surface area contributed by atoms with Crippen molar-refractivity contribution in [2.24, 2.45) is 4.99 Å². The molecule has 1 aromatic heterocycles. The van der Waals surface area contributed by atoms with E-state index in [4.69, 9.17) is 0 Å². The van der Waals surface area contributed by atoms with Gasteiger partial charge in [-0.1, -0.05) is 54.1 Å². The topological polar surface area (TPSA) is 94.1 Å². The highest BCUT2D eigenvalue weighted by Gasteiger charge is 2.25. The molecule has 1 atom stereocenters. The Bertz CT molecular complexity index is 1110. The van der Waals surface area contributed by atoms with E-state index in [-0.39, 0.29) is 6.17 Å². The molecule has 3 heterocycles. The highest BCUT2D eigenvalue weighted by Crippen LogP contribution is 2.30. The van der Waals surface area contributed by atoms with Crippen LogP contribution in [0.5, 0.6) is 0 Å². The quantitative estimate of drug-likeness (QED) is 0.612. The first-order chi connectivity index (χ1) is 14.8. The predicted molar refractivity (Wildman–Crippen MR) is 116 cm³/mol. The molecular weight excluding hydrogens is 376 g/mol. The van der Waals surface area contributed by atoms with E-state index in [1.165, 1.54) is 16.7 Å². The van der Waals surface area contributed by atoms with E-state index in [0.717, 1.165) is 23.1 Å². The van der Waals surface area contributed by atoms with Crippen LogP contribution in [0.4, 0.5) is 0 Å². The Kier molecular flexibility index (Phi) is 4.82. The minimum atomic E-state index is 0.0102. The average Bonchev–Trinajstić information content (AvgIpc) is 3.33. The number of rotatable bonds is 5. The molecule has 0 saturated heterocycles. The standard InChI is InChI=1S/C22H22N8/c1-15-10-18-12-23-14-24-22(18)30(13-15)25-11-16-6-8-17(9-7-16)19-4-2-3-5-20(19)21-26-28-29-27-21/h2-9,12-14,22,25H,10-11H2,1H3,(H,23,24)(H,26,27,28,29). The fourth-order valence-electron chi connectivity index (χ4n) is 3.82. The average molecular weight is 398 g/mol. The molecule has 0 aliphatic carbocycles. The Morgan fingerprint density at radius 2 is 1.93 bits per heavy atom. The van der Waals surface area contributed by atoms with Gasteiger partial charge in [0.15, 0.2) is 6.17 Å². The van der Waals surface area contributed by atoms with Gasteiger partial charge >= 0.3 is 0 Å². The van der Waals surface area contributed by atoms with Crippen LogP contribution in [0.1, 0.15) is 18.9 Å². The van der Waals surface area contributed by atoms with Crippen molar-refractivity contribution in [2.45, 2.75) is 26.1 Å². The second kappa shape index (κ2) is 7.92. The van der Waals surface area contributed by atoms with Crippen LogP contribution in [0.25, 0.3) is 22.5 Å². The summed E-state index contributed by atoms with van der Waals surface area (Å²) < 4.78 is 0. The van der Waals surface area contributed by atoms with E-state index in [1.54, 1.807) is 6.34 Å². The highest BCUT2D eigenvalue weighted by molar-refractivity contribution is 5.80. The number of aromatic amines is 1. The molecule has 0 saturated carbocycles. The predicted octanol–water partition coefficient (Wildman–Crippen LogP) is 2.99. The Labute approximate surface area is 174 Å². The lowest BCUT2D eigenvalue weighted by Gasteiger charge is -2.35. The summed E-state index contributed by atoms with van der Waals surface area (Å²) in [5.74, 6) is 0.593. The van der Waals surface area contributed by atoms with Crippen molar-refractivity contribution in [2.75, 3.05) is 0 Å². The molecule has 8 heteroatoms. The van der Waals surface area contributed by atoms with Crippen molar-refractivity contribution < 1.29 is 0 Å². The monoisotopic (exact) mass is 398 g/mol. The van der Waals surface area contributed by atoms with Crippen LogP contribution in [-0.4, -0.2) is 38.1 Å². The Morgan fingerprint density at radius 3 is 2.73 bits per heavy atom. The Morgan fingerprint density at radius 1 is 1.10 bits per heavy atom. The van der Waals surface area contributed by atoms with Crippen molar-refractivity contribution in [3.63, 3.8) is 0 Å². The van der Waals surface area contributed by atoms with Crippen molar-refractivity contribution >= 4 is 6.34 Å². The van der Waals surface area contributed by atoms with Crippen molar-refractivity contribution in [3.05, 3.63) is 77.6 Å². The van der Waals surface area contributed by atoms with Crippen LogP contribution in [-0.2, 0) is 6.54 Å². The van der Waals surface area contributed by atoms with Crippen molar-refractivity contribution in [1.82, 2.24) is 36.4 Å². The largest absolute Gasteiger partial charge is 0.353 e. The van der Waals surface area contributed by atoms with Crippen LogP contribution in [0.2, 0.25) is 0 Å². The lowest BCUT2D eigenvalue weighted by Crippen LogP contribution is -2.45. The minimum absolute atomic E-state index is 0.0102. The summed E-state index contributed by atoms with van der Waals surface area (Å²) in [6.45, 7) is 2.85. The number of aromatic nitrogens is 4. The molecule has 30 heavy (non-hydrogen) atoms. The maximum atomic E-state index is 4.56. The van der Waals surface area contributed by atoms with Gasteiger partial charge < -0.3 is 5.32 Å². The number of nitrogens with zero attached hydrogens (tertiary/aromatic N) is 5. The van der Waals surface area contributed by atoms with Gasteiger partial charge in [0.2, 0.25) is 5.82 Å². The number of tetrazole rings is 1. The van der Waals surface area contributed by atoms with E-state index in [2.05, 4.69) is 84.8 Å². The molecule has 150 valence electrons. The van der Waals surface area contributed by atoms with Crippen LogP contribution in [0, 0.1) is 0 Å². The molecule has 0 radical (unpaired) electrons. The minimum Gasteiger partial charge on any atom is -0.353 e. The molecule has 3 aromatic rings. The second-order valence-corrected chi connectivity index (χ2v) is 7.41. The molecule has 0 bridgehead atoms. The number of hydrazine groups is 1. The first-order valence-corrected chi connectivity index (χ1v) is 9.86. The summed E-state index contributed by atoms with van der Waals surface area (Å²) in [6.07, 6.45) is 6.88. The fraction of sp³-hybridized carbons (Fsp3) is 0.182. The first-order valence-electron chi connectivity index (χ1n) is 9.86. The molecule has 2 aliphatic heterocycles. The van der Waals surface area contributed by atoms with Gasteiger partial charge in [0.1, 0.15) is 0 Å². The Balaban J connectivity index is 1.32. The van der Waals surface area contributed by atoms with E-state index < -0.39 is 0 Å². The number of nitrogens with one attached hydrogen (secondary N) is 3. The number of H-pyrrole nitrogens is 1. The van der Waals surface area contributed by atoms with Crippen LogP contribution in [0.15, 0.2) is 77.1 Å². The number of fused-ring (bicyclic) bond motifs is 1. The van der Waals surface area contributed by atoms with Crippen LogP contribution in [0.3, 0.4) is 0 Å². The van der Waals surface area contributed by atoms with Gasteiger partial charge in [0.25, 0.3) is 0 Å². The lowest BCUT2D eigenvalue weighted by atomic mass is 9.98. The number of hydrogen-bond donors (Lipinski definition) is 3. The smallest absolute Gasteiger partial charge is 0.205 e. The van der Waals surface area contributed by atoms with E-state index >= 15 is 0 Å². The highest BCUT2D eigenvalue weighted by atomic mass is 15.5. The SMILES string of the molecule is CC1=CN(NCc2ccc(-c3ccccc3-c3nn[nH]n3)cc2)C2N=CNC=C2C1. The molecular formula is C22H22N8. The molecule has 8 nitrogen and oxygen atoms in total. The fourth-order valence-corrected chi connectivity index (χ4v) is 3.82. The Hall–Kier alpha value is -3.78. The zero-order chi connectivity index (χ0) is 20.3. The molecule has 1 unspecified atom stereocenters. The van der Waals surface area contributed by atoms with Crippen LogP contribution >= 0.6 is 0 Å². The zero-order valence-electron chi connectivity index (χ0n) is 16.6. The second-order valence-electron chi connectivity index (χ2n) is 7.41. The number of hydrogen-bond acceptors (Lipinski definition) is 7. The van der Waals surface area contributed by atoms with Gasteiger partial charge in [0.05, 0.1) is 6.34 Å². The summed E-state index contributed by atoms with van der Waals surface area (Å²) >= 11 is 0. The molecule has 0 spiro atoms. The third kappa shape index (κ3) is 3.60. The van der Waals surface area contributed by atoms with Gasteiger partial charge in [0, 0.05) is 24.5 Å². The molecule has 5 rings (SSSR count). The van der Waals surface area contributed by atoms with E-state index in [1.807, 2.05) is 24.4 Å². The van der Waals surface area contributed by atoms with Crippen LogP contribution < -0.4 is 10.7 Å². The normalized spacial score (nSPS) is 17.8. The van der Waals surface area contributed by atoms with Gasteiger partial charge in [-0.3, -0.25) is 5.01 Å². The van der Waals surface area contributed by atoms with Gasteiger partial charge in [-0.05, 0) is 40.8 Å². The van der Waals surface area contributed by atoms with Crippen molar-refractivity contribution in [3.8, 4) is 22.5 Å². The van der Waals surface area contributed by atoms with Gasteiger partial charge in [-0.2, -0.15) is 5.21 Å². The summed E-state index contributed by atoms with van der Waals surface area (Å²) in [6, 6.07) is 16.6. The molecule has 0 amide bonds. The van der Waals surface area contributed by atoms with Crippen molar-refractivity contribution in [1.29, 1.82) is 0 Å². The summed E-state index contributed by atoms with van der Waals surface area (Å²) in [5.41, 5.74) is 10.4. The number of benzene rings is 2. The summed E-state index contributed by atoms with van der Waals surface area (Å²) in [7, 11) is 0. The number of aliphatic imine (C=N–C) groups is 1. The maximum Gasteiger partial charge on any atom is 0.205 e. The molecule has 3 N–H and O–H groups in total. The molecule has 0 fully saturated rings.